The van der Waals surface area contributed by atoms with E-state index in [1.165, 1.54) is 50.1 Å². The van der Waals surface area contributed by atoms with Crippen LogP contribution in [-0.2, 0) is 84.7 Å². The molecule has 0 fully saturated rings. The number of hydrogen-bond acceptors (Lipinski definition) is 0. The Morgan fingerprint density at radius 2 is 0.841 bits per heavy atom. The third-order valence-electron chi connectivity index (χ3n) is 12.2. The van der Waals surface area contributed by atoms with Crippen molar-refractivity contribution >= 4 is 0 Å². The Hall–Kier alpha value is -2.47. The molecule has 0 heterocycles. The van der Waals surface area contributed by atoms with Gasteiger partial charge in [0.15, 0.2) is 0 Å². The van der Waals surface area contributed by atoms with Crippen molar-refractivity contribution in [2.45, 2.75) is 185 Å². The van der Waals surface area contributed by atoms with Crippen LogP contribution in [0.4, 0.5) is 0 Å². The Labute approximate surface area is 476 Å². The van der Waals surface area contributed by atoms with Crippen LogP contribution in [0.3, 0.4) is 0 Å². The van der Waals surface area contributed by atoms with Gasteiger partial charge in [-0.1, -0.05) is 145 Å². The predicted octanol–water partition coefficient (Wildman–Crippen LogP) is 19.3. The Morgan fingerprint density at radius 3 is 1.20 bits per heavy atom. The molecule has 1 aliphatic rings. The van der Waals surface area contributed by atoms with Crippen molar-refractivity contribution in [3.63, 3.8) is 0 Å². The first-order valence-corrected chi connectivity index (χ1v) is 25.6. The molecule has 0 radical (unpaired) electrons. The maximum atomic E-state index is 3.62. The zero-order valence-electron chi connectivity index (χ0n) is 46.4. The molecular weight excluding hydrogens is 983 g/mol. The molecule has 362 valence electrons. The van der Waals surface area contributed by atoms with E-state index in [2.05, 4.69) is 206 Å². The molecule has 0 nitrogen and oxygen atoms in total. The summed E-state index contributed by atoms with van der Waals surface area (Å²) in [6.07, 6.45) is 6.92. The van der Waals surface area contributed by atoms with E-state index in [0.717, 1.165) is 19.3 Å². The molecule has 0 N–H and O–H groups in total. The molecule has 6 aromatic carbocycles. The van der Waals surface area contributed by atoms with E-state index in [4.69, 9.17) is 0 Å². The summed E-state index contributed by atoms with van der Waals surface area (Å²) in [7, 11) is 0. The molecule has 0 spiro atoms. The maximum absolute atomic E-state index is 3.62. The van der Waals surface area contributed by atoms with E-state index in [1.54, 1.807) is 27.8 Å². The van der Waals surface area contributed by atoms with E-state index < -0.39 is 0 Å². The summed E-state index contributed by atoms with van der Waals surface area (Å²) in [4.78, 5) is 0. The van der Waals surface area contributed by atoms with Crippen LogP contribution in [-0.4, -0.2) is 0 Å². The third-order valence-corrected chi connectivity index (χ3v) is 12.2. The quantitative estimate of drug-likeness (QED) is 0.113. The summed E-state index contributed by atoms with van der Waals surface area (Å²) in [5, 5.41) is 0. The van der Waals surface area contributed by atoms with Crippen molar-refractivity contribution in [3.8, 4) is 0 Å². The topological polar surface area (TPSA) is 0 Å². The minimum atomic E-state index is 0. The van der Waals surface area contributed by atoms with Crippen molar-refractivity contribution < 1.29 is 65.4 Å². The Kier molecular flexibility index (Phi) is 31.1. The van der Waals surface area contributed by atoms with Crippen LogP contribution in [0.25, 0.3) is 0 Å². The molecule has 1 aliphatic carbocycles. The van der Waals surface area contributed by atoms with Gasteiger partial charge < -0.3 is 12.8 Å². The molecular formula is C67H88Y2. The molecule has 0 saturated heterocycles. The molecule has 1 unspecified atom stereocenters. The van der Waals surface area contributed by atoms with Gasteiger partial charge in [0.05, 0.1) is 0 Å². The molecule has 0 aromatic heterocycles. The second-order valence-corrected chi connectivity index (χ2v) is 20.7. The Bertz CT molecular complexity index is 2210. The van der Waals surface area contributed by atoms with E-state index in [-0.39, 0.29) is 65.4 Å². The second-order valence-electron chi connectivity index (χ2n) is 20.7. The molecule has 2 heteroatoms. The van der Waals surface area contributed by atoms with Crippen LogP contribution in [0.2, 0.25) is 0 Å². The first kappa shape index (κ1) is 64.5. The number of fused-ring (bicyclic) bond motifs is 2. The molecule has 6 aromatic rings. The first-order valence-electron chi connectivity index (χ1n) is 25.6. The number of benzene rings is 6. The van der Waals surface area contributed by atoms with Crippen LogP contribution in [0, 0.1) is 43.0 Å². The molecule has 0 amide bonds. The monoisotopic (exact) mass is 1070 g/mol. The Morgan fingerprint density at radius 1 is 0.435 bits per heavy atom. The number of hydrogen-bond donors (Lipinski definition) is 0. The largest absolute Gasteiger partial charge is 3.00 e. The maximum Gasteiger partial charge on any atom is 3.00 e. The van der Waals surface area contributed by atoms with Gasteiger partial charge in [0, 0.05) is 5.92 Å². The van der Waals surface area contributed by atoms with Gasteiger partial charge in [0.1, 0.15) is 0 Å². The normalized spacial score (nSPS) is 12.3. The molecule has 1 atom stereocenters. The van der Waals surface area contributed by atoms with Crippen LogP contribution in [0.15, 0.2) is 109 Å². The van der Waals surface area contributed by atoms with Crippen LogP contribution >= 0.6 is 0 Å². The van der Waals surface area contributed by atoms with Gasteiger partial charge in [0.25, 0.3) is 0 Å². The minimum absolute atomic E-state index is 0. The summed E-state index contributed by atoms with van der Waals surface area (Å²) in [5.41, 5.74) is 20.0. The smallest absolute Gasteiger partial charge is 0.335 e. The standard InChI is InChI=1S/C23H30.2C19H22.2C3H7.2Y/c1-14(2)19-12-11-18-13-17-9-7-8-10-20(17)22(16(5)6)23(18)21(19)15(3)4;2*1-14(2)18-11-10-17(13-19(18)15(3)4)12-16-8-6-5-7-9-16;2*1-3-2;;/h7-12,14-16,22H,13H2,1-6H3;2*5-8,10-11,14-15H,12H2,1-4H3;2*3H,1-2H3;;/q;2*-2;2*-1;2*+3. The average molecular weight is 1070 g/mol. The van der Waals surface area contributed by atoms with Crippen molar-refractivity contribution in [1.29, 1.82) is 0 Å². The van der Waals surface area contributed by atoms with Gasteiger partial charge >= 0.3 is 65.4 Å². The van der Waals surface area contributed by atoms with Crippen LogP contribution in [0.5, 0.6) is 0 Å². The van der Waals surface area contributed by atoms with E-state index in [1.807, 2.05) is 64.8 Å². The molecule has 0 aliphatic heterocycles. The summed E-state index contributed by atoms with van der Waals surface area (Å²) in [5.74, 6) is 4.49. The fourth-order valence-corrected chi connectivity index (χ4v) is 9.21. The van der Waals surface area contributed by atoms with Gasteiger partial charge in [0.2, 0.25) is 0 Å². The zero-order chi connectivity index (χ0) is 49.8. The van der Waals surface area contributed by atoms with Crippen LogP contribution in [0.1, 0.15) is 244 Å². The van der Waals surface area contributed by atoms with Gasteiger partial charge in [-0.25, -0.2) is 0 Å². The second kappa shape index (κ2) is 33.3. The number of rotatable bonds is 11. The van der Waals surface area contributed by atoms with Gasteiger partial charge in [-0.15, -0.1) is 0 Å². The van der Waals surface area contributed by atoms with Crippen molar-refractivity contribution in [2.24, 2.45) is 5.92 Å². The fourth-order valence-electron chi connectivity index (χ4n) is 9.21. The van der Waals surface area contributed by atoms with Gasteiger partial charge in [-0.05, 0) is 82.2 Å². The summed E-state index contributed by atoms with van der Waals surface area (Å²) in [6.45, 7) is 40.1. The summed E-state index contributed by atoms with van der Waals surface area (Å²) < 4.78 is 0. The Balaban J connectivity index is 0.000000484. The van der Waals surface area contributed by atoms with E-state index in [9.17, 15) is 0 Å². The first-order chi connectivity index (χ1) is 31.9. The van der Waals surface area contributed by atoms with Gasteiger partial charge in [-0.2, -0.15) is 169 Å². The van der Waals surface area contributed by atoms with E-state index in [0.29, 0.717) is 47.3 Å². The molecule has 0 saturated carbocycles. The third kappa shape index (κ3) is 19.8. The predicted molar refractivity (Wildman–Crippen MR) is 295 cm³/mol. The molecule has 0 bridgehead atoms. The van der Waals surface area contributed by atoms with Crippen molar-refractivity contribution in [3.05, 3.63) is 224 Å². The van der Waals surface area contributed by atoms with Crippen molar-refractivity contribution in [2.75, 3.05) is 0 Å². The SMILES string of the molecule is CC(C)c1[c-]c(Cc2[c-]cccc2)ccc1C(C)C.CC(C)c1[c-]c(Cc2[c-]cccc2)ccc1C(C)C.CC(C)c1ccc2c(c1C(C)C)C(C(C)C)c1ccccc1C2.C[CH-]C.C[CH-]C.[Y+3].[Y+3]. The van der Waals surface area contributed by atoms with E-state index >= 15 is 0 Å². The summed E-state index contributed by atoms with van der Waals surface area (Å²) >= 11 is 0. The zero-order valence-corrected chi connectivity index (χ0v) is 52.1. The average Bonchev–Trinajstić information content (AvgIpc) is 3.29. The fraction of sp³-hybridized carbons (Fsp3) is 0.433. The minimum Gasteiger partial charge on any atom is -0.335 e. The molecule has 7 rings (SSSR count). The van der Waals surface area contributed by atoms with Crippen molar-refractivity contribution in [1.82, 2.24) is 0 Å². The van der Waals surface area contributed by atoms with Crippen LogP contribution < -0.4 is 0 Å². The molecule has 69 heavy (non-hydrogen) atoms. The summed E-state index contributed by atoms with van der Waals surface area (Å²) in [6, 6.07) is 53.0. The van der Waals surface area contributed by atoms with Gasteiger partial charge in [-0.3, -0.25) is 0 Å².